The maximum atomic E-state index is 5.93. The lowest BCUT2D eigenvalue weighted by molar-refractivity contribution is -0.00557. The molecule has 9 heteroatoms. The minimum absolute atomic E-state index is 0.107. The molecule has 1 fully saturated rings. The highest BCUT2D eigenvalue weighted by atomic mass is 16.5. The first-order valence-electron chi connectivity index (χ1n) is 11.0. The van der Waals surface area contributed by atoms with Gasteiger partial charge in [0, 0.05) is 37.1 Å². The number of nitrogens with one attached hydrogen (secondary N) is 1. The van der Waals surface area contributed by atoms with E-state index in [1.165, 1.54) is 5.56 Å². The van der Waals surface area contributed by atoms with Gasteiger partial charge in [-0.25, -0.2) is 0 Å². The van der Waals surface area contributed by atoms with Crippen molar-refractivity contribution in [3.63, 3.8) is 0 Å². The van der Waals surface area contributed by atoms with E-state index >= 15 is 0 Å². The molecule has 1 aliphatic heterocycles. The molecule has 0 saturated carbocycles. The van der Waals surface area contributed by atoms with Crippen LogP contribution in [0, 0.1) is 6.92 Å². The molecule has 0 spiro atoms. The molecule has 2 unspecified atom stereocenters. The van der Waals surface area contributed by atoms with E-state index in [4.69, 9.17) is 9.84 Å². The molecule has 9 nitrogen and oxygen atoms in total. The van der Waals surface area contributed by atoms with Crippen LogP contribution in [0.25, 0.3) is 17.2 Å². The molecule has 4 heterocycles. The Kier molecular flexibility index (Phi) is 5.70. The van der Waals surface area contributed by atoms with E-state index in [2.05, 4.69) is 63.3 Å². The second-order valence-corrected chi connectivity index (χ2v) is 8.33. The van der Waals surface area contributed by atoms with Crippen molar-refractivity contribution >= 4 is 23.6 Å². The van der Waals surface area contributed by atoms with Crippen molar-refractivity contribution in [2.75, 3.05) is 23.4 Å². The van der Waals surface area contributed by atoms with Crippen molar-refractivity contribution in [3.8, 4) is 11.4 Å². The molecular weight excluding hydrogens is 416 g/mol. The van der Waals surface area contributed by atoms with E-state index in [9.17, 15) is 0 Å². The van der Waals surface area contributed by atoms with Crippen LogP contribution in [0.1, 0.15) is 25.0 Å². The second kappa shape index (κ2) is 8.95. The van der Waals surface area contributed by atoms with Crippen LogP contribution in [0.3, 0.4) is 0 Å². The van der Waals surface area contributed by atoms with Crippen molar-refractivity contribution < 1.29 is 4.74 Å². The Hall–Kier alpha value is -3.85. The van der Waals surface area contributed by atoms with Crippen LogP contribution in [0.15, 0.2) is 60.0 Å². The van der Waals surface area contributed by atoms with Crippen LogP contribution < -0.4 is 10.3 Å². The van der Waals surface area contributed by atoms with Crippen molar-refractivity contribution in [1.29, 1.82) is 0 Å². The topological polar surface area (TPSA) is 92.8 Å². The SMILES string of the molecule is Cc1cccc(/C=N/Nc2cc(N3CC(C)OC(C)C3)n3nc(-c4ccncc4)nc3n2)c1. The van der Waals surface area contributed by atoms with Gasteiger partial charge in [-0.3, -0.25) is 10.4 Å². The average molecular weight is 443 g/mol. The van der Waals surface area contributed by atoms with Gasteiger partial charge in [0.05, 0.1) is 18.4 Å². The van der Waals surface area contributed by atoms with Crippen molar-refractivity contribution in [2.24, 2.45) is 5.10 Å². The van der Waals surface area contributed by atoms with Crippen molar-refractivity contribution in [3.05, 3.63) is 66.0 Å². The summed E-state index contributed by atoms with van der Waals surface area (Å²) < 4.78 is 7.72. The molecule has 3 aromatic heterocycles. The van der Waals surface area contributed by atoms with Crippen LogP contribution in [0.5, 0.6) is 0 Å². The summed E-state index contributed by atoms with van der Waals surface area (Å²) in [6.07, 6.45) is 5.46. The molecule has 5 rings (SSSR count). The molecule has 1 aromatic carbocycles. The summed E-state index contributed by atoms with van der Waals surface area (Å²) in [6.45, 7) is 7.72. The Balaban J connectivity index is 1.52. The summed E-state index contributed by atoms with van der Waals surface area (Å²) in [4.78, 5) is 15.7. The highest BCUT2D eigenvalue weighted by Gasteiger charge is 2.25. The van der Waals surface area contributed by atoms with Gasteiger partial charge in [0.15, 0.2) is 11.6 Å². The van der Waals surface area contributed by atoms with Crippen LogP contribution >= 0.6 is 0 Å². The van der Waals surface area contributed by atoms with Gasteiger partial charge < -0.3 is 9.64 Å². The maximum absolute atomic E-state index is 5.93. The number of rotatable bonds is 5. The monoisotopic (exact) mass is 442 g/mol. The lowest BCUT2D eigenvalue weighted by atomic mass is 10.2. The van der Waals surface area contributed by atoms with E-state index in [0.29, 0.717) is 17.4 Å². The van der Waals surface area contributed by atoms with Gasteiger partial charge >= 0.3 is 0 Å². The molecule has 33 heavy (non-hydrogen) atoms. The third-order valence-corrected chi connectivity index (χ3v) is 5.41. The molecule has 0 amide bonds. The van der Waals surface area contributed by atoms with E-state index in [0.717, 1.165) is 30.0 Å². The smallest absolute Gasteiger partial charge is 0.256 e. The molecule has 1 aliphatic rings. The number of aromatic nitrogens is 5. The fourth-order valence-corrected chi connectivity index (χ4v) is 4.05. The fraction of sp³-hybridized carbons (Fsp3) is 0.292. The predicted octanol–water partition coefficient (Wildman–Crippen LogP) is 3.55. The summed E-state index contributed by atoms with van der Waals surface area (Å²) in [6, 6.07) is 13.9. The number of benzene rings is 1. The summed E-state index contributed by atoms with van der Waals surface area (Å²) >= 11 is 0. The molecule has 1 saturated heterocycles. The number of hydrogen-bond donors (Lipinski definition) is 1. The van der Waals surface area contributed by atoms with E-state index in [1.54, 1.807) is 23.1 Å². The fourth-order valence-electron chi connectivity index (χ4n) is 4.05. The number of anilines is 2. The summed E-state index contributed by atoms with van der Waals surface area (Å²) in [5.41, 5.74) is 6.15. The molecule has 1 N–H and O–H groups in total. The minimum atomic E-state index is 0.107. The third kappa shape index (κ3) is 4.68. The van der Waals surface area contributed by atoms with Crippen molar-refractivity contribution in [1.82, 2.24) is 24.6 Å². The molecule has 4 aromatic rings. The highest BCUT2D eigenvalue weighted by Crippen LogP contribution is 2.25. The maximum Gasteiger partial charge on any atom is 0.256 e. The molecule has 0 bridgehead atoms. The molecule has 0 radical (unpaired) electrons. The van der Waals surface area contributed by atoms with Gasteiger partial charge in [0.25, 0.3) is 5.78 Å². The number of aryl methyl sites for hydroxylation is 1. The first-order chi connectivity index (χ1) is 16.0. The third-order valence-electron chi connectivity index (χ3n) is 5.41. The van der Waals surface area contributed by atoms with Gasteiger partial charge in [0.1, 0.15) is 5.82 Å². The largest absolute Gasteiger partial charge is 0.372 e. The normalized spacial score (nSPS) is 18.8. The standard InChI is InChI=1S/C24H26N8O/c1-16-5-4-6-19(11-16)13-26-29-21-12-22(31-14-17(2)33-18(3)15-31)32-24(27-21)28-23(30-32)20-7-9-25-10-8-20/h4-13,17-18H,14-15H2,1-3H3,(H,27,28,29,30)/b26-13+. The molecular formula is C24H26N8O. The average Bonchev–Trinajstić information content (AvgIpc) is 3.23. The van der Waals surface area contributed by atoms with Crippen LogP contribution in [-0.4, -0.2) is 56.1 Å². The summed E-state index contributed by atoms with van der Waals surface area (Å²) in [7, 11) is 0. The Morgan fingerprint density at radius 1 is 1.06 bits per heavy atom. The molecule has 2 atom stereocenters. The van der Waals surface area contributed by atoms with Gasteiger partial charge in [0.2, 0.25) is 0 Å². The Morgan fingerprint density at radius 2 is 1.85 bits per heavy atom. The number of ether oxygens (including phenoxy) is 1. The number of fused-ring (bicyclic) bond motifs is 1. The Labute approximate surface area is 192 Å². The van der Waals surface area contributed by atoms with Crippen LogP contribution in [0.2, 0.25) is 0 Å². The highest BCUT2D eigenvalue weighted by molar-refractivity contribution is 5.80. The summed E-state index contributed by atoms with van der Waals surface area (Å²) in [5, 5.41) is 9.15. The van der Waals surface area contributed by atoms with Crippen LogP contribution in [0.4, 0.5) is 11.6 Å². The lowest BCUT2D eigenvalue weighted by Crippen LogP contribution is -2.46. The van der Waals surface area contributed by atoms with Gasteiger partial charge in [-0.1, -0.05) is 29.8 Å². The summed E-state index contributed by atoms with van der Waals surface area (Å²) in [5.74, 6) is 2.59. The number of hydrogen-bond acceptors (Lipinski definition) is 8. The first-order valence-corrected chi connectivity index (χ1v) is 11.0. The zero-order valence-corrected chi connectivity index (χ0v) is 18.9. The lowest BCUT2D eigenvalue weighted by Gasteiger charge is -2.36. The van der Waals surface area contributed by atoms with E-state index in [1.807, 2.05) is 30.3 Å². The van der Waals surface area contributed by atoms with E-state index in [-0.39, 0.29) is 12.2 Å². The predicted molar refractivity (Wildman–Crippen MR) is 129 cm³/mol. The number of morpholine rings is 1. The van der Waals surface area contributed by atoms with Gasteiger partial charge in [-0.2, -0.15) is 19.6 Å². The van der Waals surface area contributed by atoms with E-state index < -0.39 is 0 Å². The number of hydrazone groups is 1. The van der Waals surface area contributed by atoms with Gasteiger partial charge in [-0.05, 0) is 38.5 Å². The minimum Gasteiger partial charge on any atom is -0.372 e. The molecule has 168 valence electrons. The van der Waals surface area contributed by atoms with Gasteiger partial charge in [-0.15, -0.1) is 5.10 Å². The Bertz CT molecular complexity index is 1280. The number of pyridine rings is 1. The van der Waals surface area contributed by atoms with Crippen molar-refractivity contribution in [2.45, 2.75) is 33.0 Å². The first kappa shape index (κ1) is 21.0. The van der Waals surface area contributed by atoms with Crippen LogP contribution in [-0.2, 0) is 4.74 Å². The quantitative estimate of drug-likeness (QED) is 0.373. The molecule has 0 aliphatic carbocycles. The zero-order valence-electron chi connectivity index (χ0n) is 18.9. The number of nitrogens with zero attached hydrogens (tertiary/aromatic N) is 7. The Morgan fingerprint density at radius 3 is 2.61 bits per heavy atom. The second-order valence-electron chi connectivity index (χ2n) is 8.33. The zero-order chi connectivity index (χ0) is 22.8.